The monoisotopic (exact) mass is 327 g/mol. The second-order valence-electron chi connectivity index (χ2n) is 4.07. The fourth-order valence-corrected chi connectivity index (χ4v) is 2.05. The molecule has 0 saturated heterocycles. The maximum absolute atomic E-state index is 12.8. The van der Waals surface area contributed by atoms with Gasteiger partial charge in [0.05, 0.1) is 0 Å². The van der Waals surface area contributed by atoms with E-state index < -0.39 is 24.1 Å². The van der Waals surface area contributed by atoms with E-state index in [0.717, 1.165) is 0 Å². The van der Waals surface area contributed by atoms with E-state index in [4.69, 9.17) is 12.2 Å². The topological polar surface area (TPSA) is 33.6 Å². The first-order chi connectivity index (χ1) is 9.62. The van der Waals surface area contributed by atoms with Crippen LogP contribution in [-0.4, -0.2) is 27.1 Å². The molecule has 0 saturated carbocycles. The van der Waals surface area contributed by atoms with Crippen molar-refractivity contribution in [1.82, 2.24) is 14.8 Å². The zero-order valence-electron chi connectivity index (χ0n) is 10.0. The molecule has 10 heteroatoms. The summed E-state index contributed by atoms with van der Waals surface area (Å²) in [5.74, 6) is -4.97. The molecule has 3 nitrogen and oxygen atoms in total. The van der Waals surface area contributed by atoms with Crippen molar-refractivity contribution in [1.29, 1.82) is 0 Å². The SMILES string of the molecule is FC(F)(F)C(c1n[nH]c(=S)n1-c1ccccc1)C(F)(F)F. The maximum atomic E-state index is 12.8. The van der Waals surface area contributed by atoms with Crippen molar-refractivity contribution in [3.05, 3.63) is 40.9 Å². The van der Waals surface area contributed by atoms with Crippen LogP contribution < -0.4 is 0 Å². The molecule has 0 amide bonds. The number of hydrogen-bond donors (Lipinski definition) is 1. The molecule has 1 N–H and O–H groups in total. The Labute approximate surface area is 119 Å². The van der Waals surface area contributed by atoms with E-state index in [-0.39, 0.29) is 10.5 Å². The van der Waals surface area contributed by atoms with Gasteiger partial charge in [-0.15, -0.1) is 0 Å². The average Bonchev–Trinajstić information content (AvgIpc) is 2.68. The summed E-state index contributed by atoms with van der Waals surface area (Å²) < 4.78 is 77.0. The van der Waals surface area contributed by atoms with Gasteiger partial charge >= 0.3 is 12.4 Å². The van der Waals surface area contributed by atoms with E-state index in [2.05, 4.69) is 5.10 Å². The fraction of sp³-hybridized carbons (Fsp3) is 0.273. The molecular weight excluding hydrogens is 320 g/mol. The van der Waals surface area contributed by atoms with Gasteiger partial charge < -0.3 is 0 Å². The predicted molar refractivity (Wildman–Crippen MR) is 63.6 cm³/mol. The van der Waals surface area contributed by atoms with Gasteiger partial charge in [-0.1, -0.05) is 18.2 Å². The van der Waals surface area contributed by atoms with Crippen LogP contribution in [0.2, 0.25) is 0 Å². The van der Waals surface area contributed by atoms with E-state index in [1.54, 1.807) is 6.07 Å². The Morgan fingerprint density at radius 1 is 1.00 bits per heavy atom. The van der Waals surface area contributed by atoms with E-state index >= 15 is 0 Å². The van der Waals surface area contributed by atoms with Crippen LogP contribution in [0.1, 0.15) is 11.7 Å². The third-order valence-electron chi connectivity index (χ3n) is 2.63. The zero-order chi connectivity index (χ0) is 15.8. The molecule has 114 valence electrons. The summed E-state index contributed by atoms with van der Waals surface area (Å²) in [5, 5.41) is 5.11. The van der Waals surface area contributed by atoms with Gasteiger partial charge in [0.15, 0.2) is 10.6 Å². The lowest BCUT2D eigenvalue weighted by molar-refractivity contribution is -0.255. The lowest BCUT2D eigenvalue weighted by atomic mass is 10.1. The average molecular weight is 327 g/mol. The molecule has 0 aliphatic rings. The lowest BCUT2D eigenvalue weighted by Crippen LogP contribution is -2.36. The number of para-hydroxylation sites is 1. The number of aromatic nitrogens is 3. The summed E-state index contributed by atoms with van der Waals surface area (Å²) in [4.78, 5) is 0. The number of aromatic amines is 1. The van der Waals surface area contributed by atoms with Gasteiger partial charge in [-0.2, -0.15) is 31.4 Å². The van der Waals surface area contributed by atoms with E-state index in [1.807, 2.05) is 5.10 Å². The largest absolute Gasteiger partial charge is 0.407 e. The molecule has 21 heavy (non-hydrogen) atoms. The standard InChI is InChI=1S/C11H7F6N3S/c12-10(13,14)7(11(15,16)17)8-18-19-9(21)20(8)6-4-2-1-3-5-6/h1-5,7H,(H,19,21). The van der Waals surface area contributed by atoms with Crippen molar-refractivity contribution in [3.8, 4) is 5.69 Å². The second kappa shape index (κ2) is 5.17. The summed E-state index contributed by atoms with van der Waals surface area (Å²) in [7, 11) is 0. The molecule has 2 rings (SSSR count). The third kappa shape index (κ3) is 3.09. The second-order valence-corrected chi connectivity index (χ2v) is 4.46. The highest BCUT2D eigenvalue weighted by Gasteiger charge is 2.60. The third-order valence-corrected chi connectivity index (χ3v) is 2.90. The van der Waals surface area contributed by atoms with Gasteiger partial charge in [0.2, 0.25) is 5.92 Å². The molecule has 1 heterocycles. The first-order valence-electron chi connectivity index (χ1n) is 5.48. The van der Waals surface area contributed by atoms with E-state index in [9.17, 15) is 26.3 Å². The van der Waals surface area contributed by atoms with Gasteiger partial charge in [0, 0.05) is 5.69 Å². The Balaban J connectivity index is 2.68. The summed E-state index contributed by atoms with van der Waals surface area (Å²) in [6.07, 6.45) is -11.1. The van der Waals surface area contributed by atoms with Crippen molar-refractivity contribution < 1.29 is 26.3 Å². The molecule has 0 unspecified atom stereocenters. The van der Waals surface area contributed by atoms with Crippen LogP contribution in [-0.2, 0) is 0 Å². The first-order valence-corrected chi connectivity index (χ1v) is 5.89. The molecule has 0 spiro atoms. The molecule has 0 fully saturated rings. The Morgan fingerprint density at radius 2 is 1.52 bits per heavy atom. The van der Waals surface area contributed by atoms with Crippen LogP contribution in [0.3, 0.4) is 0 Å². The van der Waals surface area contributed by atoms with Crippen LogP contribution in [0.15, 0.2) is 30.3 Å². The van der Waals surface area contributed by atoms with Crippen molar-refractivity contribution in [2.24, 2.45) is 0 Å². The van der Waals surface area contributed by atoms with Crippen LogP contribution in [0.4, 0.5) is 26.3 Å². The number of hydrogen-bond acceptors (Lipinski definition) is 2. The number of rotatable bonds is 2. The number of nitrogens with one attached hydrogen (secondary N) is 1. The summed E-state index contributed by atoms with van der Waals surface area (Å²) in [5.41, 5.74) is 0.0600. The fourth-order valence-electron chi connectivity index (χ4n) is 1.81. The number of nitrogens with zero attached hydrogens (tertiary/aromatic N) is 2. The highest BCUT2D eigenvalue weighted by atomic mass is 32.1. The Bertz CT molecular complexity index is 656. The van der Waals surface area contributed by atoms with Crippen molar-refractivity contribution >= 4 is 12.2 Å². The maximum Gasteiger partial charge on any atom is 0.407 e. The lowest BCUT2D eigenvalue weighted by Gasteiger charge is -2.22. The zero-order valence-corrected chi connectivity index (χ0v) is 10.9. The Morgan fingerprint density at radius 3 is 2.00 bits per heavy atom. The minimum atomic E-state index is -5.54. The predicted octanol–water partition coefficient (Wildman–Crippen LogP) is 4.14. The van der Waals surface area contributed by atoms with Crippen molar-refractivity contribution in [3.63, 3.8) is 0 Å². The molecule has 0 atom stereocenters. The van der Waals surface area contributed by atoms with Crippen molar-refractivity contribution in [2.75, 3.05) is 0 Å². The molecule has 0 aliphatic carbocycles. The minimum Gasteiger partial charge on any atom is -0.271 e. The molecule has 0 radical (unpaired) electrons. The Kier molecular flexibility index (Phi) is 3.83. The summed E-state index contributed by atoms with van der Waals surface area (Å²) in [6.45, 7) is 0. The molecule has 0 bridgehead atoms. The summed E-state index contributed by atoms with van der Waals surface area (Å²) >= 11 is 4.73. The minimum absolute atomic E-state index is 0.0600. The highest BCUT2D eigenvalue weighted by molar-refractivity contribution is 7.71. The number of benzene rings is 1. The normalized spacial score (nSPS) is 12.9. The molecule has 0 aliphatic heterocycles. The number of H-pyrrole nitrogens is 1. The van der Waals surface area contributed by atoms with Gasteiger partial charge in [-0.05, 0) is 24.4 Å². The van der Waals surface area contributed by atoms with Crippen molar-refractivity contribution in [2.45, 2.75) is 18.3 Å². The van der Waals surface area contributed by atoms with Gasteiger partial charge in [0.1, 0.15) is 0 Å². The summed E-state index contributed by atoms with van der Waals surface area (Å²) in [6, 6.07) is 7.16. The number of halogens is 6. The molecule has 1 aromatic carbocycles. The van der Waals surface area contributed by atoms with Gasteiger partial charge in [-0.25, -0.2) is 0 Å². The first kappa shape index (κ1) is 15.5. The van der Waals surface area contributed by atoms with Crippen LogP contribution >= 0.6 is 12.2 Å². The van der Waals surface area contributed by atoms with E-state index in [0.29, 0.717) is 4.57 Å². The molecular formula is C11H7F6N3S. The Hall–Kier alpha value is -1.84. The number of alkyl halides is 6. The molecule has 2 aromatic rings. The molecule has 1 aromatic heterocycles. The van der Waals surface area contributed by atoms with Crippen LogP contribution in [0, 0.1) is 4.77 Å². The smallest absolute Gasteiger partial charge is 0.271 e. The quantitative estimate of drug-likeness (QED) is 0.664. The van der Waals surface area contributed by atoms with Gasteiger partial charge in [0.25, 0.3) is 0 Å². The van der Waals surface area contributed by atoms with Crippen LogP contribution in [0.5, 0.6) is 0 Å². The van der Waals surface area contributed by atoms with Crippen LogP contribution in [0.25, 0.3) is 5.69 Å². The van der Waals surface area contributed by atoms with E-state index in [1.165, 1.54) is 24.3 Å². The van der Waals surface area contributed by atoms with Gasteiger partial charge in [-0.3, -0.25) is 9.67 Å². The highest BCUT2D eigenvalue weighted by Crippen LogP contribution is 2.45.